The van der Waals surface area contributed by atoms with Gasteiger partial charge in [0.15, 0.2) is 0 Å². The van der Waals surface area contributed by atoms with Gasteiger partial charge in [0.1, 0.15) is 6.04 Å². The minimum atomic E-state index is -0.686. The Morgan fingerprint density at radius 2 is 1.70 bits per heavy atom. The summed E-state index contributed by atoms with van der Waals surface area (Å²) in [5.41, 5.74) is 1.01. The van der Waals surface area contributed by atoms with E-state index in [1.807, 2.05) is 0 Å². The van der Waals surface area contributed by atoms with Crippen molar-refractivity contribution in [2.24, 2.45) is 0 Å². The summed E-state index contributed by atoms with van der Waals surface area (Å²) in [5, 5.41) is 4.22. The van der Waals surface area contributed by atoms with Crippen LogP contribution < -0.4 is 10.2 Å². The van der Waals surface area contributed by atoms with Gasteiger partial charge in [0, 0.05) is 5.02 Å². The quantitative estimate of drug-likeness (QED) is 0.816. The number of benzene rings is 2. The molecule has 1 atom stereocenters. The molecule has 0 aliphatic carbocycles. The molecule has 1 saturated heterocycles. The van der Waals surface area contributed by atoms with Gasteiger partial charge in [-0.25, -0.2) is 4.90 Å². The average Bonchev–Trinajstić information content (AvgIpc) is 2.79. The number of carbonyl (C=O) groups is 2. The summed E-state index contributed by atoms with van der Waals surface area (Å²) in [6, 6.07) is 10.9. The molecule has 1 aliphatic rings. The van der Waals surface area contributed by atoms with Crippen LogP contribution in [0.1, 0.15) is 6.42 Å². The van der Waals surface area contributed by atoms with Gasteiger partial charge in [0.25, 0.3) is 5.91 Å². The van der Waals surface area contributed by atoms with E-state index in [0.29, 0.717) is 26.4 Å². The highest BCUT2D eigenvalue weighted by atomic mass is 35.5. The minimum Gasteiger partial charge on any atom is -0.372 e. The third kappa shape index (κ3) is 3.15. The molecule has 1 N–H and O–H groups in total. The van der Waals surface area contributed by atoms with Gasteiger partial charge in [-0.05, 0) is 36.4 Å². The average molecular weight is 370 g/mol. The standard InChI is InChI=1S/C16H11Cl3N2O2/c17-9-4-6-10(7-5-9)21-14(22)8-13(16(21)23)20-12-3-1-2-11(18)15(12)19/h1-7,13,20H,8H2/t13-/m1/s1. The molecule has 0 bridgehead atoms. The van der Waals surface area contributed by atoms with Gasteiger partial charge in [-0.3, -0.25) is 9.59 Å². The Morgan fingerprint density at radius 3 is 2.39 bits per heavy atom. The topological polar surface area (TPSA) is 49.4 Å². The number of halogens is 3. The van der Waals surface area contributed by atoms with E-state index in [2.05, 4.69) is 5.32 Å². The first-order chi connectivity index (χ1) is 11.0. The Bertz CT molecular complexity index is 777. The zero-order valence-corrected chi connectivity index (χ0v) is 14.0. The molecule has 0 aromatic heterocycles. The van der Waals surface area contributed by atoms with Crippen LogP contribution in [0.5, 0.6) is 0 Å². The molecule has 1 fully saturated rings. The van der Waals surface area contributed by atoms with E-state index in [1.165, 1.54) is 0 Å². The molecular formula is C16H11Cl3N2O2. The van der Waals surface area contributed by atoms with Gasteiger partial charge in [0.05, 0.1) is 27.8 Å². The lowest BCUT2D eigenvalue weighted by Crippen LogP contribution is -2.34. The number of hydrogen-bond donors (Lipinski definition) is 1. The Morgan fingerprint density at radius 1 is 1.00 bits per heavy atom. The number of amides is 2. The summed E-state index contributed by atoms with van der Waals surface area (Å²) in [6.07, 6.45) is 0.0459. The predicted molar refractivity (Wildman–Crippen MR) is 92.4 cm³/mol. The molecule has 4 nitrogen and oxygen atoms in total. The molecule has 1 heterocycles. The van der Waals surface area contributed by atoms with Crippen molar-refractivity contribution in [3.05, 3.63) is 57.5 Å². The number of anilines is 2. The largest absolute Gasteiger partial charge is 0.372 e. The number of nitrogens with zero attached hydrogens (tertiary/aromatic N) is 1. The van der Waals surface area contributed by atoms with Crippen molar-refractivity contribution >= 4 is 58.0 Å². The second kappa shape index (κ2) is 6.40. The van der Waals surface area contributed by atoms with Gasteiger partial charge in [-0.15, -0.1) is 0 Å². The molecule has 2 aromatic carbocycles. The molecule has 7 heteroatoms. The normalized spacial score (nSPS) is 17.7. The molecule has 0 unspecified atom stereocenters. The first-order valence-electron chi connectivity index (χ1n) is 6.80. The third-order valence-corrected chi connectivity index (χ3v) is 4.58. The summed E-state index contributed by atoms with van der Waals surface area (Å²) >= 11 is 17.9. The first kappa shape index (κ1) is 16.1. The van der Waals surface area contributed by atoms with E-state index >= 15 is 0 Å². The van der Waals surface area contributed by atoms with E-state index in [1.54, 1.807) is 42.5 Å². The highest BCUT2D eigenvalue weighted by Crippen LogP contribution is 2.32. The van der Waals surface area contributed by atoms with E-state index < -0.39 is 6.04 Å². The highest BCUT2D eigenvalue weighted by Gasteiger charge is 2.39. The summed E-state index contributed by atoms with van der Waals surface area (Å²) in [5.74, 6) is -0.624. The molecule has 2 amide bonds. The molecule has 118 valence electrons. The Hall–Kier alpha value is -1.75. The van der Waals surface area contributed by atoms with E-state index in [0.717, 1.165) is 4.90 Å². The zero-order chi connectivity index (χ0) is 16.6. The Labute approximate surface area is 147 Å². The highest BCUT2D eigenvalue weighted by molar-refractivity contribution is 6.43. The Kier molecular flexibility index (Phi) is 4.48. The second-order valence-corrected chi connectivity index (χ2v) is 6.27. The van der Waals surface area contributed by atoms with Crippen LogP contribution in [-0.2, 0) is 9.59 Å². The minimum absolute atomic E-state index is 0.0459. The number of nitrogens with one attached hydrogen (secondary N) is 1. The number of imide groups is 1. The van der Waals surface area contributed by atoms with E-state index in [9.17, 15) is 9.59 Å². The number of carbonyl (C=O) groups excluding carboxylic acids is 2. The van der Waals surface area contributed by atoms with Crippen molar-refractivity contribution < 1.29 is 9.59 Å². The summed E-state index contributed by atoms with van der Waals surface area (Å²) in [4.78, 5) is 25.9. The predicted octanol–water partition coefficient (Wildman–Crippen LogP) is 4.39. The van der Waals surface area contributed by atoms with Crippen LogP contribution in [0.3, 0.4) is 0 Å². The van der Waals surface area contributed by atoms with Crippen molar-refractivity contribution in [2.45, 2.75) is 12.5 Å². The van der Waals surface area contributed by atoms with Crippen LogP contribution in [-0.4, -0.2) is 17.9 Å². The number of hydrogen-bond acceptors (Lipinski definition) is 3. The lowest BCUT2D eigenvalue weighted by molar-refractivity contribution is -0.121. The van der Waals surface area contributed by atoms with Gasteiger partial charge in [0.2, 0.25) is 5.91 Å². The molecule has 1 aliphatic heterocycles. The molecule has 2 aromatic rings. The smallest absolute Gasteiger partial charge is 0.256 e. The molecule has 3 rings (SSSR count). The molecule has 23 heavy (non-hydrogen) atoms. The van der Waals surface area contributed by atoms with Crippen LogP contribution in [0.2, 0.25) is 15.1 Å². The van der Waals surface area contributed by atoms with Crippen LogP contribution in [0.4, 0.5) is 11.4 Å². The zero-order valence-electron chi connectivity index (χ0n) is 11.7. The van der Waals surface area contributed by atoms with E-state index in [4.69, 9.17) is 34.8 Å². The van der Waals surface area contributed by atoms with E-state index in [-0.39, 0.29) is 18.2 Å². The first-order valence-corrected chi connectivity index (χ1v) is 7.93. The lowest BCUT2D eigenvalue weighted by Gasteiger charge is -2.17. The summed E-state index contributed by atoms with van der Waals surface area (Å²) in [7, 11) is 0. The van der Waals surface area contributed by atoms with Crippen molar-refractivity contribution in [1.29, 1.82) is 0 Å². The maximum absolute atomic E-state index is 12.5. The van der Waals surface area contributed by atoms with Gasteiger partial charge < -0.3 is 5.32 Å². The molecule has 0 spiro atoms. The Balaban J connectivity index is 1.84. The van der Waals surface area contributed by atoms with Crippen molar-refractivity contribution in [3.8, 4) is 0 Å². The van der Waals surface area contributed by atoms with Crippen molar-refractivity contribution in [1.82, 2.24) is 0 Å². The van der Waals surface area contributed by atoms with Gasteiger partial charge >= 0.3 is 0 Å². The lowest BCUT2D eigenvalue weighted by atomic mass is 10.2. The van der Waals surface area contributed by atoms with Gasteiger partial charge in [-0.1, -0.05) is 40.9 Å². The van der Waals surface area contributed by atoms with Crippen LogP contribution >= 0.6 is 34.8 Å². The fraction of sp³-hybridized carbons (Fsp3) is 0.125. The van der Waals surface area contributed by atoms with Crippen molar-refractivity contribution in [3.63, 3.8) is 0 Å². The van der Waals surface area contributed by atoms with Crippen LogP contribution in [0, 0.1) is 0 Å². The second-order valence-electron chi connectivity index (χ2n) is 5.05. The maximum Gasteiger partial charge on any atom is 0.256 e. The van der Waals surface area contributed by atoms with Gasteiger partial charge in [-0.2, -0.15) is 0 Å². The van der Waals surface area contributed by atoms with Crippen LogP contribution in [0.15, 0.2) is 42.5 Å². The monoisotopic (exact) mass is 368 g/mol. The molecule has 0 saturated carbocycles. The third-order valence-electron chi connectivity index (χ3n) is 3.51. The summed E-state index contributed by atoms with van der Waals surface area (Å²) < 4.78 is 0. The SMILES string of the molecule is O=C1C[C@@H](Nc2cccc(Cl)c2Cl)C(=O)N1c1ccc(Cl)cc1. The number of rotatable bonds is 3. The van der Waals surface area contributed by atoms with Crippen LogP contribution in [0.25, 0.3) is 0 Å². The molecule has 0 radical (unpaired) electrons. The fourth-order valence-corrected chi connectivity index (χ4v) is 2.89. The van der Waals surface area contributed by atoms with Crippen molar-refractivity contribution in [2.75, 3.05) is 10.2 Å². The maximum atomic E-state index is 12.5. The fourth-order valence-electron chi connectivity index (χ4n) is 2.41. The molecular weight excluding hydrogens is 359 g/mol. The summed E-state index contributed by atoms with van der Waals surface area (Å²) in [6.45, 7) is 0.